The maximum absolute atomic E-state index is 6.42. The molecule has 0 amide bonds. The van der Waals surface area contributed by atoms with Crippen LogP contribution in [0, 0.1) is 6.92 Å². The van der Waals surface area contributed by atoms with Gasteiger partial charge in [0.05, 0.1) is 5.01 Å². The molecule has 19 heavy (non-hydrogen) atoms. The van der Waals surface area contributed by atoms with E-state index in [4.69, 9.17) is 5.73 Å². The highest BCUT2D eigenvalue weighted by atomic mass is 32.1. The lowest BCUT2D eigenvalue weighted by molar-refractivity contribution is 0.415. The van der Waals surface area contributed by atoms with Crippen LogP contribution in [-0.2, 0) is 6.42 Å². The maximum atomic E-state index is 6.42. The van der Waals surface area contributed by atoms with E-state index in [1.165, 1.54) is 30.4 Å². The second kappa shape index (κ2) is 5.43. The number of aromatic nitrogens is 1. The zero-order valence-electron chi connectivity index (χ0n) is 11.3. The van der Waals surface area contributed by atoms with Crippen LogP contribution in [0.3, 0.4) is 0 Å². The van der Waals surface area contributed by atoms with Crippen LogP contribution < -0.4 is 5.73 Å². The predicted molar refractivity (Wildman–Crippen MR) is 80.5 cm³/mol. The average molecular weight is 272 g/mol. The molecule has 1 aliphatic rings. The zero-order chi connectivity index (χ0) is 13.2. The summed E-state index contributed by atoms with van der Waals surface area (Å²) in [7, 11) is 0. The van der Waals surface area contributed by atoms with Gasteiger partial charge in [-0.1, -0.05) is 30.7 Å². The first-order chi connectivity index (χ1) is 9.24. The molecule has 0 aliphatic heterocycles. The molecular weight excluding hydrogens is 252 g/mol. The lowest BCUT2D eigenvalue weighted by Gasteiger charge is -2.29. The van der Waals surface area contributed by atoms with Crippen LogP contribution in [0.1, 0.15) is 53.1 Å². The van der Waals surface area contributed by atoms with Gasteiger partial charge in [0.2, 0.25) is 0 Å². The van der Waals surface area contributed by atoms with Crippen LogP contribution in [0.25, 0.3) is 0 Å². The molecule has 1 aromatic carbocycles. The van der Waals surface area contributed by atoms with Crippen molar-refractivity contribution >= 4 is 11.3 Å². The van der Waals surface area contributed by atoms with Gasteiger partial charge in [0, 0.05) is 23.5 Å². The number of rotatable bonds is 4. The average Bonchev–Trinajstić information content (AvgIpc) is 2.73. The van der Waals surface area contributed by atoms with Crippen molar-refractivity contribution in [1.29, 1.82) is 0 Å². The molecule has 3 rings (SSSR count). The number of nitrogens with two attached hydrogens (primary N) is 1. The Bertz CT molecular complexity index is 557. The fraction of sp³-hybridized carbons (Fsp3) is 0.438. The number of benzene rings is 1. The highest BCUT2D eigenvalue weighted by molar-refractivity contribution is 7.09. The van der Waals surface area contributed by atoms with Gasteiger partial charge in [-0.25, -0.2) is 4.98 Å². The quantitative estimate of drug-likeness (QED) is 0.915. The van der Waals surface area contributed by atoms with Gasteiger partial charge in [0.25, 0.3) is 0 Å². The monoisotopic (exact) mass is 272 g/mol. The Labute approximate surface area is 118 Å². The van der Waals surface area contributed by atoms with Crippen molar-refractivity contribution in [3.8, 4) is 0 Å². The fourth-order valence-corrected chi connectivity index (χ4v) is 3.57. The number of aryl methyl sites for hydroxylation is 1. The third kappa shape index (κ3) is 2.72. The second-order valence-electron chi connectivity index (χ2n) is 5.45. The van der Waals surface area contributed by atoms with E-state index in [1.807, 2.05) is 6.92 Å². The molecule has 0 radical (unpaired) electrons. The highest BCUT2D eigenvalue weighted by Gasteiger charge is 2.24. The Morgan fingerprint density at radius 1 is 1.37 bits per heavy atom. The van der Waals surface area contributed by atoms with Crippen molar-refractivity contribution < 1.29 is 0 Å². The summed E-state index contributed by atoms with van der Waals surface area (Å²) >= 11 is 1.72. The van der Waals surface area contributed by atoms with Gasteiger partial charge in [-0.2, -0.15) is 0 Å². The summed E-state index contributed by atoms with van der Waals surface area (Å²) in [6.07, 6.45) is 4.85. The first-order valence-corrected chi connectivity index (χ1v) is 7.87. The predicted octanol–water partition coefficient (Wildman–Crippen LogP) is 3.96. The molecule has 1 unspecified atom stereocenters. The van der Waals surface area contributed by atoms with Gasteiger partial charge in [0.1, 0.15) is 0 Å². The van der Waals surface area contributed by atoms with Crippen molar-refractivity contribution in [3.05, 3.63) is 51.5 Å². The van der Waals surface area contributed by atoms with Crippen molar-refractivity contribution in [2.75, 3.05) is 0 Å². The summed E-state index contributed by atoms with van der Waals surface area (Å²) in [6, 6.07) is 8.76. The molecule has 1 fully saturated rings. The van der Waals surface area contributed by atoms with E-state index < -0.39 is 0 Å². The van der Waals surface area contributed by atoms with E-state index in [-0.39, 0.29) is 6.04 Å². The normalized spacial score (nSPS) is 17.2. The number of nitrogens with zero attached hydrogens (tertiary/aromatic N) is 1. The third-order valence-electron chi connectivity index (χ3n) is 4.00. The van der Waals surface area contributed by atoms with Gasteiger partial charge < -0.3 is 5.73 Å². The van der Waals surface area contributed by atoms with E-state index in [9.17, 15) is 0 Å². The van der Waals surface area contributed by atoms with Gasteiger partial charge in [-0.15, -0.1) is 11.3 Å². The number of hydrogen-bond acceptors (Lipinski definition) is 3. The van der Waals surface area contributed by atoms with E-state index in [1.54, 1.807) is 11.3 Å². The summed E-state index contributed by atoms with van der Waals surface area (Å²) in [5.74, 6) is 0.736. The van der Waals surface area contributed by atoms with E-state index in [2.05, 4.69) is 34.6 Å². The molecule has 0 spiro atoms. The van der Waals surface area contributed by atoms with Gasteiger partial charge in [-0.05, 0) is 36.8 Å². The third-order valence-corrected chi connectivity index (χ3v) is 4.99. The van der Waals surface area contributed by atoms with E-state index >= 15 is 0 Å². The standard InChI is InChI=1S/C16H20N2S/c1-11-10-19-16(18-11)9-15(17)14-8-3-2-7-13(14)12-5-4-6-12/h2-3,7-8,10,12,15H,4-6,9,17H2,1H3. The van der Waals surface area contributed by atoms with Crippen LogP contribution >= 0.6 is 11.3 Å². The van der Waals surface area contributed by atoms with Crippen molar-refractivity contribution in [3.63, 3.8) is 0 Å². The van der Waals surface area contributed by atoms with Crippen LogP contribution in [0.4, 0.5) is 0 Å². The van der Waals surface area contributed by atoms with Gasteiger partial charge >= 0.3 is 0 Å². The first-order valence-electron chi connectivity index (χ1n) is 6.99. The van der Waals surface area contributed by atoms with Crippen LogP contribution in [-0.4, -0.2) is 4.98 Å². The van der Waals surface area contributed by atoms with E-state index in [0.717, 1.165) is 23.0 Å². The molecule has 0 bridgehead atoms. The molecule has 2 nitrogen and oxygen atoms in total. The zero-order valence-corrected chi connectivity index (χ0v) is 12.1. The van der Waals surface area contributed by atoms with E-state index in [0.29, 0.717) is 0 Å². The Kier molecular flexibility index (Phi) is 3.67. The smallest absolute Gasteiger partial charge is 0.0947 e. The largest absolute Gasteiger partial charge is 0.324 e. The molecule has 1 saturated carbocycles. The van der Waals surface area contributed by atoms with Crippen molar-refractivity contribution in [1.82, 2.24) is 4.98 Å². The molecule has 0 saturated heterocycles. The number of hydrogen-bond donors (Lipinski definition) is 1. The Hall–Kier alpha value is -1.19. The minimum absolute atomic E-state index is 0.0716. The summed E-state index contributed by atoms with van der Waals surface area (Å²) in [4.78, 5) is 4.52. The SMILES string of the molecule is Cc1csc(CC(N)c2ccccc2C2CCC2)n1. The molecule has 100 valence electrons. The Balaban J connectivity index is 1.80. The van der Waals surface area contributed by atoms with Crippen molar-refractivity contribution in [2.45, 2.75) is 44.6 Å². The maximum Gasteiger partial charge on any atom is 0.0947 e. The lowest BCUT2D eigenvalue weighted by atomic mass is 9.77. The second-order valence-corrected chi connectivity index (χ2v) is 6.39. The molecule has 2 N–H and O–H groups in total. The van der Waals surface area contributed by atoms with Gasteiger partial charge in [-0.3, -0.25) is 0 Å². The van der Waals surface area contributed by atoms with Gasteiger partial charge in [0.15, 0.2) is 0 Å². The topological polar surface area (TPSA) is 38.9 Å². The van der Waals surface area contributed by atoms with Crippen LogP contribution in [0.5, 0.6) is 0 Å². The number of thiazole rings is 1. The molecule has 2 aromatic rings. The Morgan fingerprint density at radius 3 is 2.79 bits per heavy atom. The first kappa shape index (κ1) is 12.8. The summed E-state index contributed by atoms with van der Waals surface area (Å²) in [6.45, 7) is 2.04. The highest BCUT2D eigenvalue weighted by Crippen LogP contribution is 2.39. The summed E-state index contributed by atoms with van der Waals surface area (Å²) < 4.78 is 0. The molecular formula is C16H20N2S. The van der Waals surface area contributed by atoms with Crippen LogP contribution in [0.15, 0.2) is 29.6 Å². The molecule has 1 heterocycles. The minimum atomic E-state index is 0.0716. The fourth-order valence-electron chi connectivity index (χ4n) is 2.73. The summed E-state index contributed by atoms with van der Waals surface area (Å²) in [5, 5.41) is 3.24. The summed E-state index contributed by atoms with van der Waals surface area (Å²) in [5.41, 5.74) is 10.3. The van der Waals surface area contributed by atoms with Crippen LogP contribution in [0.2, 0.25) is 0 Å². The molecule has 1 aromatic heterocycles. The molecule has 1 aliphatic carbocycles. The lowest BCUT2D eigenvalue weighted by Crippen LogP contribution is -2.19. The molecule has 3 heteroatoms. The Morgan fingerprint density at radius 2 is 2.16 bits per heavy atom. The molecule has 1 atom stereocenters. The minimum Gasteiger partial charge on any atom is -0.324 e. The van der Waals surface area contributed by atoms with Crippen molar-refractivity contribution in [2.24, 2.45) is 5.73 Å².